The molecule has 0 radical (unpaired) electrons. The van der Waals surface area contributed by atoms with E-state index in [0.29, 0.717) is 18.4 Å². The van der Waals surface area contributed by atoms with E-state index in [9.17, 15) is 4.79 Å². The average molecular weight is 407 g/mol. The molecule has 1 saturated heterocycles. The molecule has 0 bridgehead atoms. The van der Waals surface area contributed by atoms with E-state index in [2.05, 4.69) is 44.7 Å². The summed E-state index contributed by atoms with van der Waals surface area (Å²) in [6, 6.07) is 9.80. The van der Waals surface area contributed by atoms with Gasteiger partial charge in [-0.25, -0.2) is 15.0 Å². The van der Waals surface area contributed by atoms with Crippen LogP contribution in [0, 0.1) is 11.8 Å². The molecule has 1 amide bonds. The fourth-order valence-electron chi connectivity index (χ4n) is 4.29. The number of carbonyl (C=O) groups is 1. The average Bonchev–Trinajstić information content (AvgIpc) is 3.10. The standard InChI is InChI=1S/C23H30N6O/c1-16(2)14-19(21-26-18-9-4-5-10-20(18)28(21)3)27-22(30)17-8-6-13-29(15-17)23-24-11-7-12-25-23/h4-5,7,9-12,16-17,19H,6,8,13-15H2,1-3H3,(H,27,30)/t17-,19-/m1/s1. The zero-order chi connectivity index (χ0) is 21.1. The highest BCUT2D eigenvalue weighted by molar-refractivity contribution is 5.80. The Balaban J connectivity index is 1.52. The van der Waals surface area contributed by atoms with Gasteiger partial charge in [0.2, 0.25) is 11.9 Å². The summed E-state index contributed by atoms with van der Waals surface area (Å²) >= 11 is 0. The fraction of sp³-hybridized carbons (Fsp3) is 0.478. The molecular formula is C23H30N6O. The number of aryl methyl sites for hydroxylation is 1. The number of anilines is 1. The Bertz CT molecular complexity index is 999. The molecule has 7 heteroatoms. The van der Waals surface area contributed by atoms with Crippen molar-refractivity contribution < 1.29 is 4.79 Å². The van der Waals surface area contributed by atoms with Gasteiger partial charge in [0.05, 0.1) is 23.0 Å². The smallest absolute Gasteiger partial charge is 0.225 e. The predicted octanol–water partition coefficient (Wildman–Crippen LogP) is 3.48. The number of fused-ring (bicyclic) bond motifs is 1. The van der Waals surface area contributed by atoms with Crippen molar-refractivity contribution in [3.8, 4) is 0 Å². The third-order valence-corrected chi connectivity index (χ3v) is 5.78. The van der Waals surface area contributed by atoms with Crippen LogP contribution in [0.3, 0.4) is 0 Å². The normalized spacial score (nSPS) is 18.0. The van der Waals surface area contributed by atoms with Crippen LogP contribution in [0.15, 0.2) is 42.7 Å². The Morgan fingerprint density at radius 3 is 2.70 bits per heavy atom. The topological polar surface area (TPSA) is 75.9 Å². The first-order valence-electron chi connectivity index (χ1n) is 10.8. The van der Waals surface area contributed by atoms with Crippen LogP contribution in [-0.2, 0) is 11.8 Å². The highest BCUT2D eigenvalue weighted by Gasteiger charge is 2.30. The minimum atomic E-state index is -0.113. The van der Waals surface area contributed by atoms with Gasteiger partial charge in [-0.15, -0.1) is 0 Å². The molecule has 0 saturated carbocycles. The number of hydrogen-bond donors (Lipinski definition) is 1. The van der Waals surface area contributed by atoms with Gasteiger partial charge in [-0.3, -0.25) is 4.79 Å². The SMILES string of the molecule is CC(C)C[C@@H](NC(=O)[C@@H]1CCCN(c2ncccn2)C1)c1nc2ccccc2n1C. The van der Waals surface area contributed by atoms with Crippen LogP contribution in [0.25, 0.3) is 11.0 Å². The molecule has 1 aliphatic heterocycles. The van der Waals surface area contributed by atoms with Crippen LogP contribution in [0.4, 0.5) is 5.95 Å². The van der Waals surface area contributed by atoms with E-state index in [-0.39, 0.29) is 17.9 Å². The number of carbonyl (C=O) groups excluding carboxylic acids is 1. The van der Waals surface area contributed by atoms with Gasteiger partial charge in [0, 0.05) is 32.5 Å². The van der Waals surface area contributed by atoms with Crippen LogP contribution in [0.2, 0.25) is 0 Å². The summed E-state index contributed by atoms with van der Waals surface area (Å²) in [5, 5.41) is 3.32. The molecule has 2 aromatic heterocycles. The van der Waals surface area contributed by atoms with Crippen LogP contribution < -0.4 is 10.2 Å². The molecule has 7 nitrogen and oxygen atoms in total. The molecule has 1 aliphatic rings. The van der Waals surface area contributed by atoms with E-state index in [1.54, 1.807) is 12.4 Å². The van der Waals surface area contributed by atoms with Crippen molar-refractivity contribution in [3.05, 3.63) is 48.5 Å². The summed E-state index contributed by atoms with van der Waals surface area (Å²) < 4.78 is 2.10. The second kappa shape index (κ2) is 8.81. The molecule has 0 aliphatic carbocycles. The molecule has 1 N–H and O–H groups in total. The number of piperidine rings is 1. The molecule has 0 unspecified atom stereocenters. The Kier molecular flexibility index (Phi) is 5.97. The van der Waals surface area contributed by atoms with Gasteiger partial charge in [0.15, 0.2) is 0 Å². The summed E-state index contributed by atoms with van der Waals surface area (Å²) in [6.45, 7) is 5.88. The number of hydrogen-bond acceptors (Lipinski definition) is 5. The van der Waals surface area contributed by atoms with E-state index < -0.39 is 0 Å². The largest absolute Gasteiger partial charge is 0.346 e. The zero-order valence-electron chi connectivity index (χ0n) is 18.0. The number of benzene rings is 1. The minimum Gasteiger partial charge on any atom is -0.346 e. The molecule has 1 aromatic carbocycles. The van der Waals surface area contributed by atoms with Crippen LogP contribution in [-0.4, -0.2) is 38.5 Å². The number of nitrogens with one attached hydrogen (secondary N) is 1. The molecule has 3 heterocycles. The van der Waals surface area contributed by atoms with E-state index >= 15 is 0 Å². The van der Waals surface area contributed by atoms with Crippen molar-refractivity contribution in [1.29, 1.82) is 0 Å². The third kappa shape index (κ3) is 4.30. The maximum absolute atomic E-state index is 13.3. The number of imidazole rings is 1. The lowest BCUT2D eigenvalue weighted by atomic mass is 9.96. The Hall–Kier alpha value is -2.96. The van der Waals surface area contributed by atoms with Gasteiger partial charge in [-0.1, -0.05) is 26.0 Å². The van der Waals surface area contributed by atoms with Gasteiger partial charge in [0.1, 0.15) is 5.82 Å². The van der Waals surface area contributed by atoms with Crippen molar-refractivity contribution in [3.63, 3.8) is 0 Å². The first-order valence-corrected chi connectivity index (χ1v) is 10.8. The van der Waals surface area contributed by atoms with Crippen molar-refractivity contribution in [2.75, 3.05) is 18.0 Å². The molecule has 4 rings (SSSR count). The maximum Gasteiger partial charge on any atom is 0.225 e. The Labute approximate surface area is 177 Å². The van der Waals surface area contributed by atoms with Gasteiger partial charge < -0.3 is 14.8 Å². The van der Waals surface area contributed by atoms with Crippen LogP contribution in [0.1, 0.15) is 45.0 Å². The Morgan fingerprint density at radius 2 is 1.97 bits per heavy atom. The maximum atomic E-state index is 13.3. The van der Waals surface area contributed by atoms with Crippen LogP contribution >= 0.6 is 0 Å². The number of rotatable bonds is 6. The number of para-hydroxylation sites is 2. The highest BCUT2D eigenvalue weighted by Crippen LogP contribution is 2.26. The monoisotopic (exact) mass is 406 g/mol. The molecule has 2 atom stereocenters. The summed E-state index contributed by atoms with van der Waals surface area (Å²) in [6.07, 6.45) is 6.18. The molecule has 3 aromatic rings. The van der Waals surface area contributed by atoms with Crippen molar-refractivity contribution in [2.24, 2.45) is 18.9 Å². The number of aromatic nitrogens is 4. The van der Waals surface area contributed by atoms with Crippen molar-refractivity contribution in [1.82, 2.24) is 24.8 Å². The first-order chi connectivity index (χ1) is 14.5. The lowest BCUT2D eigenvalue weighted by Gasteiger charge is -2.33. The summed E-state index contributed by atoms with van der Waals surface area (Å²) in [5.74, 6) is 2.07. The minimum absolute atomic E-state index is 0.0769. The molecular weight excluding hydrogens is 376 g/mol. The molecule has 0 spiro atoms. The lowest BCUT2D eigenvalue weighted by molar-refractivity contribution is -0.126. The zero-order valence-corrected chi connectivity index (χ0v) is 18.0. The second-order valence-corrected chi connectivity index (χ2v) is 8.54. The third-order valence-electron chi connectivity index (χ3n) is 5.78. The molecule has 1 fully saturated rings. The van der Waals surface area contributed by atoms with Gasteiger partial charge in [-0.2, -0.15) is 0 Å². The van der Waals surface area contributed by atoms with E-state index in [4.69, 9.17) is 4.98 Å². The summed E-state index contributed by atoms with van der Waals surface area (Å²) in [7, 11) is 2.03. The van der Waals surface area contributed by atoms with Crippen molar-refractivity contribution >= 4 is 22.9 Å². The van der Waals surface area contributed by atoms with Gasteiger partial charge in [-0.05, 0) is 43.4 Å². The lowest BCUT2D eigenvalue weighted by Crippen LogP contribution is -2.45. The van der Waals surface area contributed by atoms with Gasteiger partial charge in [0.25, 0.3) is 0 Å². The molecule has 158 valence electrons. The summed E-state index contributed by atoms with van der Waals surface area (Å²) in [4.78, 5) is 28.9. The quantitative estimate of drug-likeness (QED) is 0.678. The molecule has 30 heavy (non-hydrogen) atoms. The highest BCUT2D eigenvalue weighted by atomic mass is 16.2. The fourth-order valence-corrected chi connectivity index (χ4v) is 4.29. The van der Waals surface area contributed by atoms with E-state index in [1.165, 1.54) is 0 Å². The predicted molar refractivity (Wildman–Crippen MR) is 118 cm³/mol. The van der Waals surface area contributed by atoms with E-state index in [1.807, 2.05) is 31.3 Å². The number of amides is 1. The van der Waals surface area contributed by atoms with Crippen molar-refractivity contribution in [2.45, 2.75) is 39.2 Å². The first kappa shape index (κ1) is 20.3. The second-order valence-electron chi connectivity index (χ2n) is 8.54. The number of nitrogens with zero attached hydrogens (tertiary/aromatic N) is 5. The van der Waals surface area contributed by atoms with Gasteiger partial charge >= 0.3 is 0 Å². The summed E-state index contributed by atoms with van der Waals surface area (Å²) in [5.41, 5.74) is 2.05. The van der Waals surface area contributed by atoms with E-state index in [0.717, 1.165) is 42.7 Å². The van der Waals surface area contributed by atoms with Crippen LogP contribution in [0.5, 0.6) is 0 Å². The Morgan fingerprint density at radius 1 is 1.20 bits per heavy atom.